The highest BCUT2D eigenvalue weighted by atomic mass is 16.5. The van der Waals surface area contributed by atoms with Crippen molar-refractivity contribution in [2.24, 2.45) is 0 Å². The van der Waals surface area contributed by atoms with Crippen LogP contribution >= 0.6 is 0 Å². The van der Waals surface area contributed by atoms with E-state index in [1.807, 2.05) is 6.92 Å². The summed E-state index contributed by atoms with van der Waals surface area (Å²) in [5, 5.41) is 10.1. The van der Waals surface area contributed by atoms with Crippen molar-refractivity contribution in [1.82, 2.24) is 0 Å². The van der Waals surface area contributed by atoms with Crippen LogP contribution in [-0.2, 0) is 10.8 Å². The molecule has 344 valence electrons. The highest BCUT2D eigenvalue weighted by Crippen LogP contribution is 2.57. The van der Waals surface area contributed by atoms with Gasteiger partial charge in [0.05, 0.1) is 6.61 Å². The number of ether oxygens (including phenoxy) is 1. The van der Waals surface area contributed by atoms with E-state index in [0.29, 0.717) is 6.61 Å². The molecule has 0 unspecified atom stereocenters. The Morgan fingerprint density at radius 3 is 1.00 bits per heavy atom. The Morgan fingerprint density at radius 1 is 0.282 bits per heavy atom. The summed E-state index contributed by atoms with van der Waals surface area (Å²) in [7, 11) is 0. The molecule has 11 aromatic carbocycles. The van der Waals surface area contributed by atoms with Gasteiger partial charge in [-0.2, -0.15) is 0 Å². The maximum absolute atomic E-state index is 5.88. The summed E-state index contributed by atoms with van der Waals surface area (Å²) in [6.45, 7) is 12.2. The van der Waals surface area contributed by atoms with E-state index in [9.17, 15) is 0 Å². The summed E-state index contributed by atoms with van der Waals surface area (Å²) >= 11 is 0. The van der Waals surface area contributed by atoms with Crippen molar-refractivity contribution in [1.29, 1.82) is 0 Å². The minimum Gasteiger partial charge on any atom is -0.494 e. The lowest BCUT2D eigenvalue weighted by Gasteiger charge is -2.31. The summed E-state index contributed by atoms with van der Waals surface area (Å²) in [6.07, 6.45) is 4.23. The molecule has 13 rings (SSSR count). The first-order valence-corrected chi connectivity index (χ1v) is 26.1. The molecule has 2 aliphatic carbocycles. The third-order valence-electron chi connectivity index (χ3n) is 17.2. The second-order valence-corrected chi connectivity index (χ2v) is 20.0. The zero-order chi connectivity index (χ0) is 48.0. The molecule has 11 aromatic rings. The van der Waals surface area contributed by atoms with Gasteiger partial charge in [0.1, 0.15) is 5.75 Å². The number of rotatable bonds is 10. The molecular weight excluding hydrogens is 857 g/mol. The molecule has 0 fully saturated rings. The van der Waals surface area contributed by atoms with Crippen molar-refractivity contribution in [3.05, 3.63) is 222 Å². The normalized spacial score (nSPS) is 13.9. The Hall–Kier alpha value is -7.74. The lowest BCUT2D eigenvalue weighted by atomic mass is 9.72. The van der Waals surface area contributed by atoms with E-state index in [-0.39, 0.29) is 10.8 Å². The fourth-order valence-electron chi connectivity index (χ4n) is 13.8. The summed E-state index contributed by atoms with van der Waals surface area (Å²) in [6, 6.07) is 76.3. The average molecular weight is 915 g/mol. The minimum atomic E-state index is -0.116. The first kappa shape index (κ1) is 43.3. The maximum atomic E-state index is 5.88. The monoisotopic (exact) mass is 914 g/mol. The van der Waals surface area contributed by atoms with Crippen LogP contribution in [0.1, 0.15) is 82.6 Å². The van der Waals surface area contributed by atoms with Crippen LogP contribution in [0.4, 0.5) is 0 Å². The van der Waals surface area contributed by atoms with E-state index < -0.39 is 0 Å². The van der Waals surface area contributed by atoms with Crippen molar-refractivity contribution < 1.29 is 4.74 Å². The summed E-state index contributed by atoms with van der Waals surface area (Å²) in [4.78, 5) is 0. The number of hydrogen-bond acceptors (Lipinski definition) is 1. The van der Waals surface area contributed by atoms with Gasteiger partial charge in [0.15, 0.2) is 0 Å². The Labute approximate surface area is 418 Å². The quantitative estimate of drug-likeness (QED) is 0.124. The molecule has 0 amide bonds. The highest BCUT2D eigenvalue weighted by Gasteiger charge is 2.43. The summed E-state index contributed by atoms with van der Waals surface area (Å²) < 4.78 is 5.88. The van der Waals surface area contributed by atoms with Crippen LogP contribution in [0.25, 0.3) is 110 Å². The van der Waals surface area contributed by atoms with Crippen LogP contribution in [0.15, 0.2) is 200 Å². The molecule has 0 atom stereocenters. The Balaban J connectivity index is 0.984. The van der Waals surface area contributed by atoms with Gasteiger partial charge in [0.2, 0.25) is 0 Å². The van der Waals surface area contributed by atoms with Gasteiger partial charge in [-0.25, -0.2) is 0 Å². The van der Waals surface area contributed by atoms with Crippen molar-refractivity contribution in [2.75, 3.05) is 6.61 Å². The van der Waals surface area contributed by atoms with Crippen molar-refractivity contribution in [2.45, 2.75) is 71.1 Å². The van der Waals surface area contributed by atoms with Gasteiger partial charge in [0, 0.05) is 10.8 Å². The summed E-state index contributed by atoms with van der Waals surface area (Å²) in [5.41, 5.74) is 21.6. The van der Waals surface area contributed by atoms with Gasteiger partial charge in [-0.1, -0.05) is 198 Å². The minimum absolute atomic E-state index is 0.0399. The van der Waals surface area contributed by atoms with Crippen LogP contribution in [0.3, 0.4) is 0 Å². The molecule has 1 nitrogen and oxygen atoms in total. The van der Waals surface area contributed by atoms with E-state index in [4.69, 9.17) is 4.74 Å². The fourth-order valence-corrected chi connectivity index (χ4v) is 13.8. The van der Waals surface area contributed by atoms with Gasteiger partial charge in [-0.3, -0.25) is 0 Å². The number of benzene rings is 11. The third-order valence-corrected chi connectivity index (χ3v) is 17.2. The van der Waals surface area contributed by atoms with E-state index in [1.54, 1.807) is 0 Å². The third kappa shape index (κ3) is 6.18. The maximum Gasteiger partial charge on any atom is 0.119 e. The molecular formula is C70H58O. The zero-order valence-electron chi connectivity index (χ0n) is 41.5. The van der Waals surface area contributed by atoms with Gasteiger partial charge < -0.3 is 4.74 Å². The van der Waals surface area contributed by atoms with Crippen LogP contribution in [0, 0.1) is 0 Å². The first-order chi connectivity index (χ1) is 35.0. The predicted molar refractivity (Wildman–Crippen MR) is 303 cm³/mol. The van der Waals surface area contributed by atoms with E-state index in [1.165, 1.54) is 132 Å². The van der Waals surface area contributed by atoms with Crippen LogP contribution in [0.5, 0.6) is 5.75 Å². The molecule has 0 saturated heterocycles. The predicted octanol–water partition coefficient (Wildman–Crippen LogP) is 19.5. The molecule has 0 saturated carbocycles. The van der Waals surface area contributed by atoms with E-state index >= 15 is 0 Å². The number of hydrogen-bond donors (Lipinski definition) is 0. The molecule has 0 bridgehead atoms. The second-order valence-electron chi connectivity index (χ2n) is 20.0. The highest BCUT2D eigenvalue weighted by molar-refractivity contribution is 6.30. The van der Waals surface area contributed by atoms with Crippen molar-refractivity contribution >= 4 is 43.1 Å². The molecule has 0 aromatic heterocycles. The molecule has 71 heavy (non-hydrogen) atoms. The number of fused-ring (bicyclic) bond motifs is 10. The molecule has 1 heteroatoms. The average Bonchev–Trinajstić information content (AvgIpc) is 3.88. The van der Waals surface area contributed by atoms with Gasteiger partial charge in [-0.15, -0.1) is 0 Å². The SMILES string of the molecule is CCOc1ccc(-c2c3ccccc3c(-c3c4ccccc4c(-c4ccc5c(c4)C(CC)(CC)c4cc(-c6ccc7c(c6)C(CC)(CC)c6ccccc6-7)ccc4-5)c4ccccc34)c3ccccc23)cc1. The first-order valence-electron chi connectivity index (χ1n) is 26.1. The Kier molecular flexibility index (Phi) is 10.2. The molecule has 0 radical (unpaired) electrons. The fraction of sp³-hybridized carbons (Fsp3) is 0.171. The lowest BCUT2D eigenvalue weighted by molar-refractivity contribution is 0.340. The van der Waals surface area contributed by atoms with Gasteiger partial charge >= 0.3 is 0 Å². The molecule has 0 heterocycles. The molecule has 0 spiro atoms. The van der Waals surface area contributed by atoms with Crippen LogP contribution in [0.2, 0.25) is 0 Å². The van der Waals surface area contributed by atoms with Gasteiger partial charge in [-0.05, 0) is 195 Å². The molecule has 0 aliphatic heterocycles. The lowest BCUT2D eigenvalue weighted by Crippen LogP contribution is -2.23. The molecule has 0 N–H and O–H groups in total. The largest absolute Gasteiger partial charge is 0.494 e. The van der Waals surface area contributed by atoms with E-state index in [0.717, 1.165) is 31.4 Å². The van der Waals surface area contributed by atoms with Crippen molar-refractivity contribution in [3.8, 4) is 72.5 Å². The standard InChI is InChI=1S/C70H58O/c1-6-69(7-2)61-30-20-19-21-49(61)50-38-33-45(41-62(50)69)46-34-39-51-52-40-35-47(43-64(52)70(8-3,9-4)63(51)42-46)66-55-24-13-17-28-59(55)68(60-29-18-14-25-56(60)66)67-57-26-15-11-22-53(57)65(54-23-12-16-27-58(54)67)44-31-36-48(37-32-44)71-10-5/h11-43H,6-10H2,1-5H3. The topological polar surface area (TPSA) is 9.23 Å². The second kappa shape index (κ2) is 16.7. The van der Waals surface area contributed by atoms with Gasteiger partial charge in [0.25, 0.3) is 0 Å². The molecule has 2 aliphatic rings. The zero-order valence-corrected chi connectivity index (χ0v) is 41.5. The van der Waals surface area contributed by atoms with Crippen LogP contribution in [-0.4, -0.2) is 6.61 Å². The van der Waals surface area contributed by atoms with Crippen molar-refractivity contribution in [3.63, 3.8) is 0 Å². The Morgan fingerprint density at radius 2 is 0.592 bits per heavy atom. The van der Waals surface area contributed by atoms with Crippen LogP contribution < -0.4 is 4.74 Å². The summed E-state index contributed by atoms with van der Waals surface area (Å²) in [5.74, 6) is 0.893. The smallest absolute Gasteiger partial charge is 0.119 e. The van der Waals surface area contributed by atoms with E-state index in [2.05, 4.69) is 228 Å². The Bertz CT molecular complexity index is 3820.